The number of aryl methyl sites for hydroxylation is 1. The highest BCUT2D eigenvalue weighted by atomic mass is 35.5. The molecule has 0 N–H and O–H groups in total. The third-order valence-electron chi connectivity index (χ3n) is 4.94. The van der Waals surface area contributed by atoms with Crippen molar-refractivity contribution in [3.8, 4) is 0 Å². The number of fused-ring (bicyclic) bond motifs is 2. The molecule has 1 aliphatic heterocycles. The molecule has 138 valence electrons. The molecule has 3 aromatic rings. The van der Waals surface area contributed by atoms with Crippen LogP contribution < -0.4 is 9.74 Å². The molecule has 3 heterocycles. The number of anilines is 1. The fourth-order valence-electron chi connectivity index (χ4n) is 3.60. The van der Waals surface area contributed by atoms with Crippen LogP contribution in [0.3, 0.4) is 0 Å². The summed E-state index contributed by atoms with van der Waals surface area (Å²) in [6, 6.07) is 7.08. The molecule has 0 bridgehead atoms. The second-order valence-electron chi connectivity index (χ2n) is 6.30. The summed E-state index contributed by atoms with van der Waals surface area (Å²) in [5, 5.41) is 0.546. The molecule has 0 radical (unpaired) electrons. The van der Waals surface area contributed by atoms with Crippen molar-refractivity contribution in [1.29, 1.82) is 0 Å². The number of nitrogens with zero attached hydrogens (tertiary/aromatic N) is 3. The Morgan fingerprint density at radius 2 is 1.89 bits per heavy atom. The van der Waals surface area contributed by atoms with Crippen LogP contribution in [0.25, 0.3) is 11.0 Å². The van der Waals surface area contributed by atoms with Gasteiger partial charge in [-0.15, -0.1) is 0 Å². The van der Waals surface area contributed by atoms with E-state index in [1.807, 2.05) is 26.0 Å². The number of halogens is 1. The molecule has 0 fully saturated rings. The monoisotopic (exact) mass is 383 g/mol. The molecule has 2 amide bonds. The molecule has 6 nitrogen and oxygen atoms in total. The number of imide groups is 1. The third kappa shape index (κ3) is 2.44. The van der Waals surface area contributed by atoms with Crippen molar-refractivity contribution in [3.05, 3.63) is 57.9 Å². The molecule has 4 rings (SSSR count). The number of aromatic nitrogens is 2. The Hall–Kier alpha value is -2.86. The van der Waals surface area contributed by atoms with E-state index >= 15 is 0 Å². The molecule has 1 aromatic carbocycles. The van der Waals surface area contributed by atoms with E-state index in [1.165, 1.54) is 16.7 Å². The summed E-state index contributed by atoms with van der Waals surface area (Å²) in [6.45, 7) is 3.94. The predicted molar refractivity (Wildman–Crippen MR) is 104 cm³/mol. The molecule has 0 saturated carbocycles. The van der Waals surface area contributed by atoms with Gasteiger partial charge in [-0.1, -0.05) is 31.5 Å². The molecule has 0 saturated heterocycles. The fraction of sp³-hybridized carbons (Fsp3) is 0.250. The molecule has 2 aromatic heterocycles. The summed E-state index contributed by atoms with van der Waals surface area (Å²) in [4.78, 5) is 37.2. The second kappa shape index (κ2) is 6.39. The van der Waals surface area contributed by atoms with Crippen LogP contribution >= 0.6 is 11.6 Å². The summed E-state index contributed by atoms with van der Waals surface area (Å²) >= 11 is 6.37. The van der Waals surface area contributed by atoms with Gasteiger partial charge in [-0.2, -0.15) is 4.73 Å². The van der Waals surface area contributed by atoms with Gasteiger partial charge in [0.15, 0.2) is 0 Å². The number of carbonyl (C=O) groups is 2. The van der Waals surface area contributed by atoms with Gasteiger partial charge in [0.25, 0.3) is 11.8 Å². The fourth-order valence-corrected chi connectivity index (χ4v) is 3.89. The minimum Gasteiger partial charge on any atom is -0.417 e. The largest absolute Gasteiger partial charge is 0.417 e. The normalized spacial score (nSPS) is 13.6. The highest BCUT2D eigenvalue weighted by Gasteiger charge is 2.40. The summed E-state index contributed by atoms with van der Waals surface area (Å²) in [5.74, 6) is -0.811. The van der Waals surface area contributed by atoms with E-state index in [-0.39, 0.29) is 17.2 Å². The quantitative estimate of drug-likeness (QED) is 0.645. The van der Waals surface area contributed by atoms with Crippen molar-refractivity contribution in [1.82, 2.24) is 9.71 Å². The lowest BCUT2D eigenvalue weighted by Gasteiger charge is -2.22. The maximum absolute atomic E-state index is 13.2. The predicted octanol–water partition coefficient (Wildman–Crippen LogP) is 3.67. The van der Waals surface area contributed by atoms with E-state index in [0.717, 1.165) is 11.1 Å². The van der Waals surface area contributed by atoms with Crippen LogP contribution in [0.2, 0.25) is 5.02 Å². The number of benzene rings is 1. The lowest BCUT2D eigenvalue weighted by Crippen LogP contribution is -2.31. The van der Waals surface area contributed by atoms with Crippen LogP contribution in [-0.4, -0.2) is 28.6 Å². The summed E-state index contributed by atoms with van der Waals surface area (Å²) < 4.78 is 1.51. The first-order valence-corrected chi connectivity index (χ1v) is 9.15. The average Bonchev–Trinajstić information content (AvgIpc) is 3.18. The van der Waals surface area contributed by atoms with Crippen molar-refractivity contribution in [3.63, 3.8) is 0 Å². The number of amides is 2. The Morgan fingerprint density at radius 3 is 2.56 bits per heavy atom. The zero-order valence-electron chi connectivity index (χ0n) is 15.2. The number of rotatable bonds is 4. The molecule has 1 aliphatic rings. The Morgan fingerprint density at radius 1 is 1.11 bits per heavy atom. The maximum Gasteiger partial charge on any atom is 0.284 e. The lowest BCUT2D eigenvalue weighted by atomic mass is 10.0. The minimum absolute atomic E-state index is 0.158. The molecule has 0 atom stereocenters. The van der Waals surface area contributed by atoms with Gasteiger partial charge in [0.1, 0.15) is 18.3 Å². The number of pyridine rings is 1. The van der Waals surface area contributed by atoms with Crippen molar-refractivity contribution in [2.75, 3.05) is 12.0 Å². The van der Waals surface area contributed by atoms with Gasteiger partial charge in [0.05, 0.1) is 16.8 Å². The SMILES string of the molecule is CCc1ccc(Cl)c(CC)c1N1C(=O)c2cc3c(ccn3OC)nc2C1=O. The van der Waals surface area contributed by atoms with Crippen LogP contribution in [0.1, 0.15) is 45.8 Å². The molecular weight excluding hydrogens is 366 g/mol. The standard InChI is InChI=1S/C20H18ClN3O3/c1-4-11-6-7-14(21)12(5-2)18(11)24-19(25)13-10-16-15(8-9-23(16)27-3)22-17(13)20(24)26/h6-10H,4-5H2,1-3H3. The number of carbonyl (C=O) groups excluding carboxylic acids is 2. The van der Waals surface area contributed by atoms with E-state index in [0.29, 0.717) is 34.6 Å². The Balaban J connectivity index is 1.93. The van der Waals surface area contributed by atoms with Crippen molar-refractivity contribution < 1.29 is 14.4 Å². The summed E-state index contributed by atoms with van der Waals surface area (Å²) in [7, 11) is 1.53. The molecule has 0 aliphatic carbocycles. The summed E-state index contributed by atoms with van der Waals surface area (Å²) in [6.07, 6.45) is 2.98. The van der Waals surface area contributed by atoms with Crippen molar-refractivity contribution in [2.45, 2.75) is 26.7 Å². The van der Waals surface area contributed by atoms with Crippen LogP contribution in [0.4, 0.5) is 5.69 Å². The van der Waals surface area contributed by atoms with Crippen LogP contribution in [0.5, 0.6) is 0 Å². The maximum atomic E-state index is 13.2. The van der Waals surface area contributed by atoms with E-state index in [1.54, 1.807) is 18.3 Å². The second-order valence-corrected chi connectivity index (χ2v) is 6.71. The molecule has 27 heavy (non-hydrogen) atoms. The highest BCUT2D eigenvalue weighted by Crippen LogP contribution is 2.37. The topological polar surface area (TPSA) is 64.4 Å². The smallest absolute Gasteiger partial charge is 0.284 e. The van der Waals surface area contributed by atoms with Gasteiger partial charge in [-0.05, 0) is 42.2 Å². The first kappa shape index (κ1) is 17.5. The zero-order chi connectivity index (χ0) is 19.3. The van der Waals surface area contributed by atoms with Gasteiger partial charge in [-0.3, -0.25) is 9.59 Å². The first-order valence-electron chi connectivity index (χ1n) is 8.77. The van der Waals surface area contributed by atoms with Gasteiger partial charge in [0, 0.05) is 11.2 Å². The highest BCUT2D eigenvalue weighted by molar-refractivity contribution is 6.36. The Bertz CT molecular complexity index is 1100. The first-order chi connectivity index (χ1) is 13.0. The van der Waals surface area contributed by atoms with Crippen molar-refractivity contribution >= 4 is 40.1 Å². The van der Waals surface area contributed by atoms with E-state index in [2.05, 4.69) is 4.98 Å². The van der Waals surface area contributed by atoms with Crippen LogP contribution in [-0.2, 0) is 12.8 Å². The van der Waals surface area contributed by atoms with Gasteiger partial charge >= 0.3 is 0 Å². The Labute approximate surface area is 161 Å². The molecule has 0 unspecified atom stereocenters. The number of hydrogen-bond acceptors (Lipinski definition) is 4. The van der Waals surface area contributed by atoms with Crippen LogP contribution in [0.15, 0.2) is 30.5 Å². The van der Waals surface area contributed by atoms with Gasteiger partial charge in [0.2, 0.25) is 0 Å². The summed E-state index contributed by atoms with van der Waals surface area (Å²) in [5.41, 5.74) is 3.93. The third-order valence-corrected chi connectivity index (χ3v) is 5.29. The van der Waals surface area contributed by atoms with Crippen LogP contribution in [0, 0.1) is 0 Å². The van der Waals surface area contributed by atoms with Gasteiger partial charge < -0.3 is 4.84 Å². The zero-order valence-corrected chi connectivity index (χ0v) is 16.0. The molecule has 7 heteroatoms. The molecule has 0 spiro atoms. The Kier molecular flexibility index (Phi) is 4.15. The van der Waals surface area contributed by atoms with E-state index in [4.69, 9.17) is 16.4 Å². The van der Waals surface area contributed by atoms with E-state index in [9.17, 15) is 9.59 Å². The average molecular weight is 384 g/mol. The van der Waals surface area contributed by atoms with Crippen molar-refractivity contribution in [2.24, 2.45) is 0 Å². The minimum atomic E-state index is -0.422. The van der Waals surface area contributed by atoms with E-state index < -0.39 is 5.91 Å². The molecular formula is C20H18ClN3O3. The number of hydrogen-bond donors (Lipinski definition) is 0. The lowest BCUT2D eigenvalue weighted by molar-refractivity contribution is 0.0924. The van der Waals surface area contributed by atoms with Gasteiger partial charge in [-0.25, -0.2) is 9.88 Å².